The van der Waals surface area contributed by atoms with Gasteiger partial charge in [0.1, 0.15) is 6.04 Å². The van der Waals surface area contributed by atoms with Crippen LogP contribution in [0.25, 0.3) is 0 Å². The molecule has 3 nitrogen and oxygen atoms in total. The molecule has 1 aliphatic rings. The van der Waals surface area contributed by atoms with Crippen molar-refractivity contribution < 1.29 is 4.79 Å². The number of hydrogen-bond acceptors (Lipinski definition) is 3. The zero-order valence-corrected chi connectivity index (χ0v) is 13.2. The first kappa shape index (κ1) is 14.2. The fraction of sp³-hybridized carbons (Fsp3) is 0.235. The van der Waals surface area contributed by atoms with Gasteiger partial charge in [0.25, 0.3) is 0 Å². The van der Waals surface area contributed by atoms with Crippen LogP contribution in [0.15, 0.2) is 46.2 Å². The first-order valence-electron chi connectivity index (χ1n) is 6.95. The van der Waals surface area contributed by atoms with Crippen LogP contribution < -0.4 is 10.6 Å². The Morgan fingerprint density at radius 2 is 1.95 bits per heavy atom. The highest BCUT2D eigenvalue weighted by atomic mass is 32.2. The number of benzene rings is 2. The van der Waals surface area contributed by atoms with Crippen LogP contribution in [0.5, 0.6) is 0 Å². The summed E-state index contributed by atoms with van der Waals surface area (Å²) in [6.07, 6.45) is 0. The largest absolute Gasteiger partial charge is 0.324 e. The monoisotopic (exact) mass is 298 g/mol. The van der Waals surface area contributed by atoms with Crippen LogP contribution in [0, 0.1) is 13.8 Å². The molecule has 0 radical (unpaired) electrons. The molecule has 0 aromatic heterocycles. The van der Waals surface area contributed by atoms with Gasteiger partial charge in [-0.1, -0.05) is 35.5 Å². The molecule has 1 amide bonds. The number of rotatable bonds is 3. The Bertz CT molecular complexity index is 712. The Kier molecular flexibility index (Phi) is 3.74. The Morgan fingerprint density at radius 1 is 1.14 bits per heavy atom. The number of hydrogen-bond donors (Lipinski definition) is 2. The van der Waals surface area contributed by atoms with Crippen LogP contribution in [0.1, 0.15) is 22.7 Å². The van der Waals surface area contributed by atoms with Crippen molar-refractivity contribution >= 4 is 23.4 Å². The summed E-state index contributed by atoms with van der Waals surface area (Å²) in [7, 11) is 1.80. The maximum atomic E-state index is 11.8. The minimum atomic E-state index is -0.236. The molecule has 1 heterocycles. The molecule has 0 spiro atoms. The highest BCUT2D eigenvalue weighted by Gasteiger charge is 2.29. The second kappa shape index (κ2) is 5.54. The molecule has 1 unspecified atom stereocenters. The Hall–Kier alpha value is -1.78. The summed E-state index contributed by atoms with van der Waals surface area (Å²) >= 11 is 1.73. The fourth-order valence-corrected chi connectivity index (χ4v) is 3.56. The lowest BCUT2D eigenvalue weighted by Gasteiger charge is -2.09. The molecule has 0 aliphatic carbocycles. The summed E-state index contributed by atoms with van der Waals surface area (Å²) in [4.78, 5) is 14.2. The summed E-state index contributed by atoms with van der Waals surface area (Å²) in [6, 6.07) is 12.4. The quantitative estimate of drug-likeness (QED) is 0.908. The van der Waals surface area contributed by atoms with Crippen molar-refractivity contribution in [3.05, 3.63) is 53.1 Å². The molecule has 21 heavy (non-hydrogen) atoms. The van der Waals surface area contributed by atoms with Gasteiger partial charge in [0, 0.05) is 21.0 Å². The van der Waals surface area contributed by atoms with Gasteiger partial charge in [0.15, 0.2) is 0 Å². The van der Waals surface area contributed by atoms with E-state index >= 15 is 0 Å². The summed E-state index contributed by atoms with van der Waals surface area (Å²) in [5.41, 5.74) is 4.48. The first-order valence-corrected chi connectivity index (χ1v) is 7.77. The van der Waals surface area contributed by atoms with Gasteiger partial charge in [-0.2, -0.15) is 0 Å². The van der Waals surface area contributed by atoms with Gasteiger partial charge in [-0.15, -0.1) is 0 Å². The molecule has 4 heteroatoms. The molecular weight excluding hydrogens is 280 g/mol. The first-order chi connectivity index (χ1) is 10.1. The van der Waals surface area contributed by atoms with Crippen LogP contribution in [0.3, 0.4) is 0 Å². The second-order valence-corrected chi connectivity index (χ2v) is 6.45. The lowest BCUT2D eigenvalue weighted by molar-refractivity contribution is -0.117. The fourth-order valence-electron chi connectivity index (χ4n) is 2.63. The van der Waals surface area contributed by atoms with E-state index in [0.717, 1.165) is 16.1 Å². The zero-order valence-electron chi connectivity index (χ0n) is 12.4. The molecule has 0 fully saturated rings. The average molecular weight is 298 g/mol. The topological polar surface area (TPSA) is 41.1 Å². The van der Waals surface area contributed by atoms with E-state index in [-0.39, 0.29) is 11.9 Å². The van der Waals surface area contributed by atoms with Crippen LogP contribution in [0.4, 0.5) is 5.69 Å². The summed E-state index contributed by atoms with van der Waals surface area (Å²) < 4.78 is 0. The number of likely N-dealkylation sites (N-methyl/N-ethyl adjacent to an activating group) is 1. The third kappa shape index (κ3) is 2.69. The lowest BCUT2D eigenvalue weighted by atomic mass is 10.1. The standard InChI is InChI=1S/C17H18N2OS/c1-10-4-7-15(11(2)8-10)21-12-5-6-13-14(9-12)19-17(20)16(13)18-3/h4-9,16,18H,1-3H3,(H,19,20). The normalized spacial score (nSPS) is 16.7. The lowest BCUT2D eigenvalue weighted by Crippen LogP contribution is -2.23. The van der Waals surface area contributed by atoms with Gasteiger partial charge < -0.3 is 10.6 Å². The van der Waals surface area contributed by atoms with Crippen LogP contribution in [0.2, 0.25) is 0 Å². The number of amides is 1. The van der Waals surface area contributed by atoms with E-state index in [4.69, 9.17) is 0 Å². The molecule has 2 aromatic carbocycles. The number of fused-ring (bicyclic) bond motifs is 1. The summed E-state index contributed by atoms with van der Waals surface area (Å²) in [5.74, 6) is 0.0150. The summed E-state index contributed by atoms with van der Waals surface area (Å²) in [6.45, 7) is 4.23. The highest BCUT2D eigenvalue weighted by molar-refractivity contribution is 7.99. The van der Waals surface area contributed by atoms with Gasteiger partial charge >= 0.3 is 0 Å². The van der Waals surface area contributed by atoms with E-state index in [1.165, 1.54) is 16.0 Å². The van der Waals surface area contributed by atoms with Crippen molar-refractivity contribution in [2.75, 3.05) is 12.4 Å². The van der Waals surface area contributed by atoms with Crippen molar-refractivity contribution in [3.63, 3.8) is 0 Å². The third-order valence-electron chi connectivity index (χ3n) is 3.70. The smallest absolute Gasteiger partial charge is 0.246 e. The van der Waals surface area contributed by atoms with E-state index in [2.05, 4.69) is 54.8 Å². The summed E-state index contributed by atoms with van der Waals surface area (Å²) in [5, 5.41) is 5.97. The predicted octanol–water partition coefficient (Wildman–Crippen LogP) is 3.67. The molecular formula is C17H18N2OS. The predicted molar refractivity (Wildman–Crippen MR) is 86.9 cm³/mol. The second-order valence-electron chi connectivity index (χ2n) is 5.33. The third-order valence-corrected chi connectivity index (χ3v) is 4.87. The Morgan fingerprint density at radius 3 is 2.67 bits per heavy atom. The van der Waals surface area contributed by atoms with Crippen molar-refractivity contribution in [3.8, 4) is 0 Å². The molecule has 0 saturated heterocycles. The molecule has 3 rings (SSSR count). The highest BCUT2D eigenvalue weighted by Crippen LogP contribution is 2.37. The molecule has 0 saturated carbocycles. The van der Waals surface area contributed by atoms with E-state index in [9.17, 15) is 4.79 Å². The number of aryl methyl sites for hydroxylation is 2. The van der Waals surface area contributed by atoms with Crippen molar-refractivity contribution in [1.82, 2.24) is 5.32 Å². The van der Waals surface area contributed by atoms with Gasteiger partial charge in [0.2, 0.25) is 5.91 Å². The average Bonchev–Trinajstić information content (AvgIpc) is 2.76. The number of carbonyl (C=O) groups excluding carboxylic acids is 1. The molecule has 108 valence electrons. The molecule has 2 aromatic rings. The number of carbonyl (C=O) groups is 1. The SMILES string of the molecule is CNC1C(=O)Nc2cc(Sc3ccc(C)cc3C)ccc21. The van der Waals surface area contributed by atoms with Crippen molar-refractivity contribution in [2.45, 2.75) is 29.7 Å². The van der Waals surface area contributed by atoms with Gasteiger partial charge in [-0.25, -0.2) is 0 Å². The van der Waals surface area contributed by atoms with Gasteiger partial charge in [0.05, 0.1) is 0 Å². The number of nitrogens with one attached hydrogen (secondary N) is 2. The van der Waals surface area contributed by atoms with E-state index in [1.54, 1.807) is 18.8 Å². The number of anilines is 1. The van der Waals surface area contributed by atoms with Crippen LogP contribution in [-0.2, 0) is 4.79 Å². The van der Waals surface area contributed by atoms with E-state index < -0.39 is 0 Å². The molecule has 2 N–H and O–H groups in total. The zero-order chi connectivity index (χ0) is 15.0. The Balaban J connectivity index is 1.89. The molecule has 0 bridgehead atoms. The van der Waals surface area contributed by atoms with E-state index in [1.807, 2.05) is 6.07 Å². The molecule has 1 aliphatic heterocycles. The van der Waals surface area contributed by atoms with Gasteiger partial charge in [-0.05, 0) is 44.7 Å². The van der Waals surface area contributed by atoms with Crippen LogP contribution >= 0.6 is 11.8 Å². The van der Waals surface area contributed by atoms with Crippen molar-refractivity contribution in [1.29, 1.82) is 0 Å². The maximum absolute atomic E-state index is 11.8. The van der Waals surface area contributed by atoms with Crippen LogP contribution in [-0.4, -0.2) is 13.0 Å². The molecule has 1 atom stereocenters. The minimum Gasteiger partial charge on any atom is -0.324 e. The van der Waals surface area contributed by atoms with E-state index in [0.29, 0.717) is 0 Å². The minimum absolute atomic E-state index is 0.0150. The maximum Gasteiger partial charge on any atom is 0.246 e. The van der Waals surface area contributed by atoms with Crippen molar-refractivity contribution in [2.24, 2.45) is 0 Å². The Labute approximate surface area is 129 Å². The van der Waals surface area contributed by atoms with Gasteiger partial charge in [-0.3, -0.25) is 4.79 Å².